The molecule has 2 aliphatic rings. The summed E-state index contributed by atoms with van der Waals surface area (Å²) in [5, 5.41) is 25.5. The van der Waals surface area contributed by atoms with Gasteiger partial charge in [-0.2, -0.15) is 4.73 Å². The van der Waals surface area contributed by atoms with Gasteiger partial charge in [0.1, 0.15) is 11.2 Å². The summed E-state index contributed by atoms with van der Waals surface area (Å²) in [7, 11) is 0. The minimum Gasteiger partial charge on any atom is -0.618 e. The number of rotatable bonds is 3. The maximum absolute atomic E-state index is 12.8. The van der Waals surface area contributed by atoms with Crippen LogP contribution in [0.4, 0.5) is 5.95 Å². The topological polar surface area (TPSA) is 128 Å². The maximum Gasteiger partial charge on any atom is 0.406 e. The summed E-state index contributed by atoms with van der Waals surface area (Å²) in [6.07, 6.45) is 4.99. The number of amides is 1. The number of carbonyl (C=O) groups is 2. The minimum atomic E-state index is -1.66. The number of carbonyl (C=O) groups excluding carboxylic acids is 2. The van der Waals surface area contributed by atoms with Gasteiger partial charge in [-0.05, 0) is 37.3 Å². The zero-order chi connectivity index (χ0) is 22.3. The van der Waals surface area contributed by atoms with Gasteiger partial charge in [-0.25, -0.2) is 14.8 Å². The molecule has 5 rings (SSSR count). The van der Waals surface area contributed by atoms with Crippen LogP contribution in [-0.2, 0) is 15.1 Å². The lowest BCUT2D eigenvalue weighted by molar-refractivity contribution is -0.608. The van der Waals surface area contributed by atoms with Crippen molar-refractivity contribution in [3.8, 4) is 11.1 Å². The number of hydrogen-bond donors (Lipinski definition) is 2. The molecule has 0 unspecified atom stereocenters. The molecule has 0 radical (unpaired) electrons. The van der Waals surface area contributed by atoms with Crippen molar-refractivity contribution in [1.82, 2.24) is 9.97 Å². The molecule has 1 amide bonds. The molecule has 1 spiro atoms. The van der Waals surface area contributed by atoms with Crippen LogP contribution in [0.2, 0.25) is 0 Å². The summed E-state index contributed by atoms with van der Waals surface area (Å²) in [4.78, 5) is 33.4. The van der Waals surface area contributed by atoms with Crippen LogP contribution in [0.3, 0.4) is 0 Å². The van der Waals surface area contributed by atoms with E-state index in [2.05, 4.69) is 15.3 Å². The first-order chi connectivity index (χ1) is 15.4. The summed E-state index contributed by atoms with van der Waals surface area (Å²) in [5.41, 5.74) is -0.437. The molecule has 1 aromatic carbocycles. The zero-order valence-corrected chi connectivity index (χ0v) is 17.0. The van der Waals surface area contributed by atoms with Crippen LogP contribution in [-0.4, -0.2) is 32.6 Å². The highest BCUT2D eigenvalue weighted by Crippen LogP contribution is 2.48. The summed E-state index contributed by atoms with van der Waals surface area (Å²) < 4.78 is 6.06. The van der Waals surface area contributed by atoms with Crippen LogP contribution in [0.15, 0.2) is 61.1 Å². The summed E-state index contributed by atoms with van der Waals surface area (Å²) >= 11 is 0. The van der Waals surface area contributed by atoms with Crippen LogP contribution < -0.4 is 10.0 Å². The molecular weight excluding hydrogens is 412 g/mol. The highest BCUT2D eigenvalue weighted by Gasteiger charge is 2.55. The molecule has 9 heteroatoms. The standard InChI is InChI=1S/C23H20N4O5/c28-19-18-17(7-4-12-27(18)31)23(32-19)10-8-22(30,9-11-23)20(29)26-21-24-13-16(14-25-21)15-5-2-1-3-6-15/h1-7,12-14,30H,8-11H2,(H,24,25,26,29). The van der Waals surface area contributed by atoms with Crippen molar-refractivity contribution in [3.05, 3.63) is 77.5 Å². The van der Waals surface area contributed by atoms with Gasteiger partial charge < -0.3 is 15.1 Å². The van der Waals surface area contributed by atoms with E-state index >= 15 is 0 Å². The van der Waals surface area contributed by atoms with Gasteiger partial charge in [0.05, 0.1) is 5.56 Å². The Hall–Kier alpha value is -3.85. The minimum absolute atomic E-state index is 0.0331. The molecule has 2 aromatic heterocycles. The lowest BCUT2D eigenvalue weighted by Gasteiger charge is -2.39. The molecule has 0 atom stereocenters. The SMILES string of the molecule is O=C1OC2(CCC(O)(C(=O)Nc3ncc(-c4ccccc4)cn3)CC2)c2ccc[n+]([O-])c21. The van der Waals surface area contributed by atoms with Gasteiger partial charge in [0.15, 0.2) is 6.20 Å². The van der Waals surface area contributed by atoms with E-state index in [4.69, 9.17) is 4.74 Å². The predicted octanol–water partition coefficient (Wildman–Crippen LogP) is 2.09. The van der Waals surface area contributed by atoms with E-state index in [1.165, 1.54) is 6.20 Å². The Morgan fingerprint density at radius 3 is 2.41 bits per heavy atom. The fourth-order valence-corrected chi connectivity index (χ4v) is 4.39. The van der Waals surface area contributed by atoms with Crippen LogP contribution in [0.25, 0.3) is 11.1 Å². The monoisotopic (exact) mass is 432 g/mol. The van der Waals surface area contributed by atoms with Crippen molar-refractivity contribution in [2.24, 2.45) is 0 Å². The largest absolute Gasteiger partial charge is 0.618 e. The number of ether oxygens (including phenoxy) is 1. The molecular formula is C23H20N4O5. The fourth-order valence-electron chi connectivity index (χ4n) is 4.39. The molecule has 2 N–H and O–H groups in total. The Balaban J connectivity index is 1.29. The fraction of sp³-hybridized carbons (Fsp3) is 0.261. The van der Waals surface area contributed by atoms with Gasteiger partial charge in [0, 0.05) is 24.0 Å². The van der Waals surface area contributed by atoms with E-state index in [0.717, 1.165) is 11.1 Å². The van der Waals surface area contributed by atoms with Crippen LogP contribution in [0.1, 0.15) is 41.7 Å². The second kappa shape index (κ2) is 7.38. The smallest absolute Gasteiger partial charge is 0.406 e. The Bertz CT molecular complexity index is 1190. The summed E-state index contributed by atoms with van der Waals surface area (Å²) in [6, 6.07) is 12.8. The number of aliphatic hydroxyl groups is 1. The number of pyridine rings is 1. The van der Waals surface area contributed by atoms with E-state index < -0.39 is 23.1 Å². The summed E-state index contributed by atoms with van der Waals surface area (Å²) in [6.45, 7) is 0. The summed E-state index contributed by atoms with van der Waals surface area (Å²) in [5.74, 6) is -1.21. The van der Waals surface area contributed by atoms with E-state index in [1.807, 2.05) is 30.3 Å². The molecule has 1 fully saturated rings. The van der Waals surface area contributed by atoms with Gasteiger partial charge in [-0.3, -0.25) is 10.1 Å². The first kappa shape index (κ1) is 20.1. The van der Waals surface area contributed by atoms with E-state index in [1.54, 1.807) is 24.5 Å². The zero-order valence-electron chi connectivity index (χ0n) is 17.0. The molecule has 3 heterocycles. The third-order valence-electron chi connectivity index (χ3n) is 6.22. The predicted molar refractivity (Wildman–Crippen MR) is 112 cm³/mol. The van der Waals surface area contributed by atoms with Gasteiger partial charge in [0.2, 0.25) is 5.95 Å². The number of nitrogens with one attached hydrogen (secondary N) is 1. The van der Waals surface area contributed by atoms with Crippen molar-refractivity contribution in [3.63, 3.8) is 0 Å². The third kappa shape index (κ3) is 3.27. The highest BCUT2D eigenvalue weighted by molar-refractivity contribution is 5.96. The molecule has 162 valence electrons. The molecule has 32 heavy (non-hydrogen) atoms. The van der Waals surface area contributed by atoms with E-state index in [-0.39, 0.29) is 37.3 Å². The molecule has 9 nitrogen and oxygen atoms in total. The van der Waals surface area contributed by atoms with Gasteiger partial charge in [0.25, 0.3) is 5.91 Å². The Morgan fingerprint density at radius 1 is 1.03 bits per heavy atom. The average Bonchev–Trinajstić information content (AvgIpc) is 3.09. The van der Waals surface area contributed by atoms with E-state index in [9.17, 15) is 19.9 Å². The van der Waals surface area contributed by atoms with Crippen molar-refractivity contribution in [2.75, 3.05) is 5.32 Å². The number of aromatic nitrogens is 3. The molecule has 3 aromatic rings. The number of benzene rings is 1. The molecule has 0 bridgehead atoms. The van der Waals surface area contributed by atoms with Crippen molar-refractivity contribution < 1.29 is 24.2 Å². The lowest BCUT2D eigenvalue weighted by Crippen LogP contribution is -2.49. The van der Waals surface area contributed by atoms with Crippen LogP contribution >= 0.6 is 0 Å². The molecule has 1 aliphatic carbocycles. The average molecular weight is 432 g/mol. The van der Waals surface area contributed by atoms with Crippen LogP contribution in [0, 0.1) is 5.21 Å². The normalized spacial score (nSPS) is 24.1. The maximum atomic E-state index is 12.8. The quantitative estimate of drug-likeness (QED) is 0.368. The number of hydrogen-bond acceptors (Lipinski definition) is 7. The number of nitrogens with zero attached hydrogens (tertiary/aromatic N) is 3. The second-order valence-corrected chi connectivity index (χ2v) is 8.13. The molecule has 1 aliphatic heterocycles. The van der Waals surface area contributed by atoms with E-state index in [0.29, 0.717) is 10.3 Å². The van der Waals surface area contributed by atoms with Crippen molar-refractivity contribution >= 4 is 17.8 Å². The Labute approximate surface area is 183 Å². The Morgan fingerprint density at radius 2 is 1.72 bits per heavy atom. The number of fused-ring (bicyclic) bond motifs is 2. The van der Waals surface area contributed by atoms with Crippen molar-refractivity contribution in [2.45, 2.75) is 36.9 Å². The van der Waals surface area contributed by atoms with Gasteiger partial charge >= 0.3 is 11.7 Å². The Kier molecular flexibility index (Phi) is 4.63. The molecule has 1 saturated carbocycles. The first-order valence-corrected chi connectivity index (χ1v) is 10.3. The first-order valence-electron chi connectivity index (χ1n) is 10.3. The second-order valence-electron chi connectivity index (χ2n) is 8.13. The number of anilines is 1. The number of esters is 1. The van der Waals surface area contributed by atoms with Gasteiger partial charge in [-0.1, -0.05) is 30.3 Å². The third-order valence-corrected chi connectivity index (χ3v) is 6.22. The van der Waals surface area contributed by atoms with Crippen molar-refractivity contribution in [1.29, 1.82) is 0 Å². The van der Waals surface area contributed by atoms with Crippen LogP contribution in [0.5, 0.6) is 0 Å². The van der Waals surface area contributed by atoms with Gasteiger partial charge in [-0.15, -0.1) is 0 Å². The lowest BCUT2D eigenvalue weighted by atomic mass is 9.73. The molecule has 0 saturated heterocycles. The highest BCUT2D eigenvalue weighted by atomic mass is 16.6.